The third-order valence-electron chi connectivity index (χ3n) is 2.19. The van der Waals surface area contributed by atoms with Gasteiger partial charge in [0.25, 0.3) is 0 Å². The summed E-state index contributed by atoms with van der Waals surface area (Å²) in [5, 5.41) is 0. The van der Waals surface area contributed by atoms with Crippen LogP contribution in [0.3, 0.4) is 0 Å². The van der Waals surface area contributed by atoms with E-state index in [1.165, 1.54) is 0 Å². The van der Waals surface area contributed by atoms with E-state index in [0.29, 0.717) is 0 Å². The van der Waals surface area contributed by atoms with Crippen molar-refractivity contribution in [2.75, 3.05) is 34.2 Å². The minimum Gasteiger partial charge on any atom is -0.358 e. The molecule has 0 aliphatic heterocycles. The maximum Gasteiger partial charge on any atom is 1.00 e. The normalized spacial score (nSPS) is 9.18. The van der Waals surface area contributed by atoms with Gasteiger partial charge in [-0.05, 0) is 14.1 Å². The molecule has 0 unspecified atom stereocenters. The van der Waals surface area contributed by atoms with Gasteiger partial charge in [0.2, 0.25) is 5.91 Å². The molecule has 0 fully saturated rings. The molecular formula is C13H20KN2O-. The molecule has 0 aliphatic rings. The van der Waals surface area contributed by atoms with E-state index >= 15 is 0 Å². The Kier molecular flexibility index (Phi) is 11.8. The number of carbonyl (C=O) groups is 1. The molecule has 0 saturated heterocycles. The van der Waals surface area contributed by atoms with Crippen molar-refractivity contribution < 1.29 is 56.2 Å². The van der Waals surface area contributed by atoms with Gasteiger partial charge in [-0.2, -0.15) is 30.3 Å². The predicted molar refractivity (Wildman–Crippen MR) is 67.2 cm³/mol. The van der Waals surface area contributed by atoms with Crippen LogP contribution in [0.2, 0.25) is 0 Å². The zero-order chi connectivity index (χ0) is 11.3. The van der Waals surface area contributed by atoms with Crippen molar-refractivity contribution in [3.8, 4) is 0 Å². The van der Waals surface area contributed by atoms with Crippen molar-refractivity contribution >= 4 is 5.91 Å². The second-order valence-corrected chi connectivity index (χ2v) is 3.82. The first kappa shape index (κ1) is 19.6. The zero-order valence-electron chi connectivity index (χ0n) is 11.5. The van der Waals surface area contributed by atoms with Crippen LogP contribution in [0.4, 0.5) is 0 Å². The fraction of sp³-hybridized carbons (Fsp3) is 0.385. The Morgan fingerprint density at radius 2 is 1.71 bits per heavy atom. The molecule has 0 atom stereocenters. The van der Waals surface area contributed by atoms with Crippen LogP contribution in [-0.2, 0) is 0 Å². The molecule has 1 rings (SSSR count). The molecule has 0 aromatic heterocycles. The van der Waals surface area contributed by atoms with E-state index < -0.39 is 0 Å². The van der Waals surface area contributed by atoms with Crippen LogP contribution in [0.5, 0.6) is 0 Å². The fourth-order valence-corrected chi connectivity index (χ4v) is 1.20. The van der Waals surface area contributed by atoms with E-state index in [2.05, 4.69) is 11.0 Å². The van der Waals surface area contributed by atoms with Gasteiger partial charge >= 0.3 is 51.4 Å². The molecule has 3 nitrogen and oxygen atoms in total. The van der Waals surface area contributed by atoms with E-state index in [1.54, 1.807) is 29.2 Å². The number of carbonyl (C=O) groups excluding carboxylic acids is 1. The van der Waals surface area contributed by atoms with Gasteiger partial charge in [-0.25, -0.2) is 0 Å². The van der Waals surface area contributed by atoms with Crippen LogP contribution in [0.1, 0.15) is 10.4 Å². The van der Waals surface area contributed by atoms with Crippen LogP contribution in [0.15, 0.2) is 24.3 Å². The predicted octanol–water partition coefficient (Wildman–Crippen LogP) is -1.43. The second kappa shape index (κ2) is 10.2. The summed E-state index contributed by atoms with van der Waals surface area (Å²) < 4.78 is 0. The van der Waals surface area contributed by atoms with E-state index in [0.717, 1.165) is 18.7 Å². The fourth-order valence-electron chi connectivity index (χ4n) is 1.20. The number of amides is 1. The van der Waals surface area contributed by atoms with E-state index in [9.17, 15) is 4.79 Å². The third-order valence-corrected chi connectivity index (χ3v) is 2.19. The average Bonchev–Trinajstić information content (AvgIpc) is 2.26. The van der Waals surface area contributed by atoms with Crippen LogP contribution in [0, 0.1) is 13.5 Å². The van der Waals surface area contributed by atoms with E-state index in [4.69, 9.17) is 0 Å². The summed E-state index contributed by atoms with van der Waals surface area (Å²) in [5.41, 5.74) is 0.718. The molecule has 0 spiro atoms. The van der Waals surface area contributed by atoms with Crippen molar-refractivity contribution in [1.82, 2.24) is 9.80 Å². The van der Waals surface area contributed by atoms with Gasteiger partial charge in [0.1, 0.15) is 0 Å². The number of benzene rings is 1. The molecular weight excluding hydrogens is 239 g/mol. The summed E-state index contributed by atoms with van der Waals surface area (Å²) in [5.74, 6) is 0.0610. The minimum absolute atomic E-state index is 0. The molecule has 0 saturated carbocycles. The number of hydrogen-bond donors (Lipinski definition) is 0. The Hall–Kier alpha value is 0.286. The van der Waals surface area contributed by atoms with Crippen LogP contribution >= 0.6 is 0 Å². The number of hydrogen-bond acceptors (Lipinski definition) is 2. The van der Waals surface area contributed by atoms with Crippen molar-refractivity contribution in [2.45, 2.75) is 0 Å². The van der Waals surface area contributed by atoms with Crippen LogP contribution < -0.4 is 51.4 Å². The summed E-state index contributed by atoms with van der Waals surface area (Å²) in [7, 11) is 5.81. The molecule has 1 amide bonds. The maximum absolute atomic E-state index is 11.9. The third kappa shape index (κ3) is 7.34. The van der Waals surface area contributed by atoms with Crippen molar-refractivity contribution in [2.24, 2.45) is 0 Å². The minimum atomic E-state index is 0. The molecule has 1 aromatic rings. The quantitative estimate of drug-likeness (QED) is 0.489. The van der Waals surface area contributed by atoms with Crippen molar-refractivity contribution in [3.63, 3.8) is 0 Å². The smallest absolute Gasteiger partial charge is 0.358 e. The summed E-state index contributed by atoms with van der Waals surface area (Å²) in [6, 6.07) is 9.98. The van der Waals surface area contributed by atoms with Crippen molar-refractivity contribution in [3.05, 3.63) is 43.3 Å². The van der Waals surface area contributed by atoms with Gasteiger partial charge < -0.3 is 17.2 Å². The van der Waals surface area contributed by atoms with Crippen molar-refractivity contribution in [1.29, 1.82) is 0 Å². The van der Waals surface area contributed by atoms with E-state index in [1.807, 2.05) is 21.1 Å². The number of rotatable bonds is 4. The molecule has 17 heavy (non-hydrogen) atoms. The first-order valence-corrected chi connectivity index (χ1v) is 4.97. The standard InChI is InChI=1S/C12H17N2O.CH3.K/c1-13(2)9-10-14(3)12(15)11-7-5-4-6-8-11;;/h5-8H,9-10H2,1-3H3;1H3;/q2*-1;+1. The van der Waals surface area contributed by atoms with Gasteiger partial charge in [-0.1, -0.05) is 5.56 Å². The van der Waals surface area contributed by atoms with Crippen LogP contribution in [-0.4, -0.2) is 49.9 Å². The monoisotopic (exact) mass is 259 g/mol. The Labute approximate surface area is 148 Å². The average molecular weight is 259 g/mol. The van der Waals surface area contributed by atoms with Gasteiger partial charge in [0, 0.05) is 20.1 Å². The Balaban J connectivity index is 0. The summed E-state index contributed by atoms with van der Waals surface area (Å²) in [4.78, 5) is 15.6. The molecule has 0 radical (unpaired) electrons. The van der Waals surface area contributed by atoms with Gasteiger partial charge in [-0.15, -0.1) is 0 Å². The molecule has 4 heteroatoms. The Morgan fingerprint density at radius 3 is 2.18 bits per heavy atom. The number of likely N-dealkylation sites (N-methyl/N-ethyl adjacent to an activating group) is 2. The SMILES string of the molecule is CN(C)CCN(C)C(=O)c1cc[c-]cc1.[CH3-].[K+]. The largest absolute Gasteiger partial charge is 1.00 e. The number of nitrogens with zero attached hydrogens (tertiary/aromatic N) is 2. The molecule has 0 N–H and O–H groups in total. The summed E-state index contributed by atoms with van der Waals surface area (Å²) in [6.07, 6.45) is 0. The molecule has 0 aliphatic carbocycles. The zero-order valence-corrected chi connectivity index (χ0v) is 14.6. The maximum atomic E-state index is 11.9. The Morgan fingerprint density at radius 1 is 1.18 bits per heavy atom. The Bertz CT molecular complexity index is 314. The summed E-state index contributed by atoms with van der Waals surface area (Å²) in [6.45, 7) is 1.62. The second-order valence-electron chi connectivity index (χ2n) is 3.82. The first-order valence-electron chi connectivity index (χ1n) is 4.97. The molecule has 1 aromatic carbocycles. The van der Waals surface area contributed by atoms with Gasteiger partial charge in [0.05, 0.1) is 0 Å². The molecule has 0 heterocycles. The molecule has 0 bridgehead atoms. The first-order chi connectivity index (χ1) is 7.11. The van der Waals surface area contributed by atoms with E-state index in [-0.39, 0.29) is 64.7 Å². The van der Waals surface area contributed by atoms with Gasteiger partial charge in [-0.3, -0.25) is 4.79 Å². The molecule has 90 valence electrons. The van der Waals surface area contributed by atoms with Gasteiger partial charge in [0.15, 0.2) is 0 Å². The summed E-state index contributed by atoms with van der Waals surface area (Å²) >= 11 is 0. The topological polar surface area (TPSA) is 23.6 Å². The van der Waals surface area contributed by atoms with Crippen LogP contribution in [0.25, 0.3) is 0 Å².